The monoisotopic (exact) mass is 464 g/mol. The van der Waals surface area contributed by atoms with Gasteiger partial charge in [0.25, 0.3) is 11.8 Å². The van der Waals surface area contributed by atoms with Crippen molar-refractivity contribution >= 4 is 68.4 Å². The van der Waals surface area contributed by atoms with Crippen molar-refractivity contribution in [3.8, 4) is 5.75 Å². The number of hydrogen-bond donors (Lipinski definition) is 1. The van der Waals surface area contributed by atoms with Gasteiger partial charge in [0, 0.05) is 10.6 Å². The number of anilines is 1. The van der Waals surface area contributed by atoms with E-state index >= 15 is 0 Å². The molecule has 0 bridgehead atoms. The molecule has 0 saturated carbocycles. The second-order valence-corrected chi connectivity index (χ2v) is 7.48. The first kappa shape index (κ1) is 19.5. The number of aryl methyl sites for hydroxylation is 1. The zero-order valence-electron chi connectivity index (χ0n) is 14.4. The summed E-state index contributed by atoms with van der Waals surface area (Å²) in [4.78, 5) is 26.7. The molecule has 2 aromatic carbocycles. The van der Waals surface area contributed by atoms with Crippen LogP contribution in [0, 0.1) is 6.92 Å². The van der Waals surface area contributed by atoms with Crippen molar-refractivity contribution in [3.05, 3.63) is 62.6 Å². The molecular weight excluding hydrogens is 452 g/mol. The lowest BCUT2D eigenvalue weighted by Crippen LogP contribution is -2.54. The fraction of sp³-hybridized carbons (Fsp3) is 0.105. The lowest BCUT2D eigenvalue weighted by Gasteiger charge is -2.29. The second kappa shape index (κ2) is 7.80. The summed E-state index contributed by atoms with van der Waals surface area (Å²) in [5.41, 5.74) is 2.03. The Bertz CT molecular complexity index is 989. The van der Waals surface area contributed by atoms with Gasteiger partial charge in [-0.2, -0.15) is 0 Å². The highest BCUT2D eigenvalue weighted by Crippen LogP contribution is 2.34. The van der Waals surface area contributed by atoms with Gasteiger partial charge in [-0.1, -0.05) is 29.3 Å². The van der Waals surface area contributed by atoms with Crippen LogP contribution in [0.25, 0.3) is 6.08 Å². The summed E-state index contributed by atoms with van der Waals surface area (Å²) < 4.78 is 5.97. The SMILES string of the molecule is COc1c(Br)cc(Cl)cc1/C=C1\C(=O)NC(=S)N(c2ccc(C)cc2)C1=O. The van der Waals surface area contributed by atoms with Gasteiger partial charge >= 0.3 is 0 Å². The highest BCUT2D eigenvalue weighted by atomic mass is 79.9. The van der Waals surface area contributed by atoms with E-state index in [4.69, 9.17) is 28.6 Å². The number of methoxy groups -OCH3 is 1. The molecule has 1 N–H and O–H groups in total. The minimum Gasteiger partial charge on any atom is -0.495 e. The quantitative estimate of drug-likeness (QED) is 0.418. The number of hydrogen-bond acceptors (Lipinski definition) is 4. The van der Waals surface area contributed by atoms with Crippen molar-refractivity contribution in [1.82, 2.24) is 5.32 Å². The number of halogens is 2. The zero-order chi connectivity index (χ0) is 19.7. The molecule has 138 valence electrons. The maximum absolute atomic E-state index is 13.0. The van der Waals surface area contributed by atoms with Crippen molar-refractivity contribution in [2.45, 2.75) is 6.92 Å². The van der Waals surface area contributed by atoms with Crippen molar-refractivity contribution < 1.29 is 14.3 Å². The van der Waals surface area contributed by atoms with Crippen LogP contribution < -0.4 is 15.0 Å². The molecule has 0 atom stereocenters. The molecule has 2 amide bonds. The molecular formula is C19H14BrClN2O3S. The average Bonchev–Trinajstić information content (AvgIpc) is 2.59. The predicted molar refractivity (Wildman–Crippen MR) is 113 cm³/mol. The average molecular weight is 466 g/mol. The Labute approximate surface area is 175 Å². The number of ether oxygens (including phenoxy) is 1. The Kier molecular flexibility index (Phi) is 5.64. The van der Waals surface area contributed by atoms with Crippen molar-refractivity contribution in [1.29, 1.82) is 0 Å². The molecule has 0 unspecified atom stereocenters. The lowest BCUT2D eigenvalue weighted by molar-refractivity contribution is -0.122. The normalized spacial score (nSPS) is 15.9. The Morgan fingerprint density at radius 2 is 1.89 bits per heavy atom. The molecule has 1 aliphatic rings. The molecule has 27 heavy (non-hydrogen) atoms. The van der Waals surface area contributed by atoms with Gasteiger partial charge in [0.15, 0.2) is 5.11 Å². The van der Waals surface area contributed by atoms with E-state index in [1.807, 2.05) is 19.1 Å². The summed E-state index contributed by atoms with van der Waals surface area (Å²) >= 11 is 14.7. The van der Waals surface area contributed by atoms with Gasteiger partial charge < -0.3 is 4.74 Å². The third kappa shape index (κ3) is 3.90. The van der Waals surface area contributed by atoms with Crippen LogP contribution in [0.4, 0.5) is 5.69 Å². The van der Waals surface area contributed by atoms with E-state index in [1.54, 1.807) is 24.3 Å². The number of rotatable bonds is 3. The fourth-order valence-electron chi connectivity index (χ4n) is 2.64. The van der Waals surface area contributed by atoms with Crippen LogP contribution in [-0.4, -0.2) is 24.0 Å². The highest BCUT2D eigenvalue weighted by molar-refractivity contribution is 9.10. The molecule has 1 aliphatic heterocycles. The third-order valence-electron chi connectivity index (χ3n) is 3.93. The maximum Gasteiger partial charge on any atom is 0.270 e. The van der Waals surface area contributed by atoms with Crippen molar-refractivity contribution in [2.75, 3.05) is 12.0 Å². The Morgan fingerprint density at radius 3 is 2.52 bits per heavy atom. The number of carbonyl (C=O) groups excluding carboxylic acids is 2. The first-order valence-electron chi connectivity index (χ1n) is 7.83. The topological polar surface area (TPSA) is 58.6 Å². The number of nitrogens with one attached hydrogen (secondary N) is 1. The van der Waals surface area contributed by atoms with Crippen molar-refractivity contribution in [3.63, 3.8) is 0 Å². The maximum atomic E-state index is 13.0. The van der Waals surface area contributed by atoms with Crippen LogP contribution in [0.15, 0.2) is 46.4 Å². The van der Waals surface area contributed by atoms with Gasteiger partial charge in [0.1, 0.15) is 11.3 Å². The molecule has 0 aromatic heterocycles. The first-order chi connectivity index (χ1) is 12.8. The van der Waals surface area contributed by atoms with Crippen LogP contribution in [0.2, 0.25) is 5.02 Å². The standard InChI is InChI=1S/C19H14BrClN2O3S/c1-10-3-5-13(6-4-10)23-18(25)14(17(24)22-19(23)27)8-11-7-12(21)9-15(20)16(11)26-2/h3-9H,1-2H3,(H,22,24,27)/b14-8+. The van der Waals surface area contributed by atoms with Crippen LogP contribution in [0.5, 0.6) is 5.75 Å². The van der Waals surface area contributed by atoms with Gasteiger partial charge in [0.05, 0.1) is 17.3 Å². The van der Waals surface area contributed by atoms with E-state index in [0.29, 0.717) is 26.5 Å². The largest absolute Gasteiger partial charge is 0.495 e. The van der Waals surface area contributed by atoms with Crippen LogP contribution in [0.1, 0.15) is 11.1 Å². The fourth-order valence-corrected chi connectivity index (χ4v) is 3.92. The number of thiocarbonyl (C=S) groups is 1. The predicted octanol–water partition coefficient (Wildman–Crippen LogP) is 4.25. The Morgan fingerprint density at radius 1 is 1.22 bits per heavy atom. The van der Waals surface area contributed by atoms with Crippen LogP contribution >= 0.6 is 39.7 Å². The second-order valence-electron chi connectivity index (χ2n) is 5.80. The minimum absolute atomic E-state index is 0.0326. The van der Waals surface area contributed by atoms with Gasteiger partial charge in [-0.25, -0.2) is 0 Å². The van der Waals surface area contributed by atoms with Gasteiger partial charge in [-0.3, -0.25) is 19.8 Å². The summed E-state index contributed by atoms with van der Waals surface area (Å²) in [6, 6.07) is 10.5. The molecule has 2 aromatic rings. The van der Waals surface area contributed by atoms with E-state index in [-0.39, 0.29) is 10.7 Å². The molecule has 1 heterocycles. The highest BCUT2D eigenvalue weighted by Gasteiger charge is 2.34. The van der Waals surface area contributed by atoms with Gasteiger partial charge in [-0.15, -0.1) is 0 Å². The number of carbonyl (C=O) groups is 2. The van der Waals surface area contributed by atoms with Gasteiger partial charge in [0.2, 0.25) is 0 Å². The van der Waals surface area contributed by atoms with Crippen LogP contribution in [-0.2, 0) is 9.59 Å². The Balaban J connectivity index is 2.09. The molecule has 8 heteroatoms. The molecule has 3 rings (SSSR count). The summed E-state index contributed by atoms with van der Waals surface area (Å²) in [6.45, 7) is 1.94. The first-order valence-corrected chi connectivity index (χ1v) is 9.41. The molecule has 0 spiro atoms. The van der Waals surface area contributed by atoms with Crippen LogP contribution in [0.3, 0.4) is 0 Å². The zero-order valence-corrected chi connectivity index (χ0v) is 17.5. The van der Waals surface area contributed by atoms with Gasteiger partial charge in [-0.05, 0) is 65.4 Å². The van der Waals surface area contributed by atoms with Crippen molar-refractivity contribution in [2.24, 2.45) is 0 Å². The summed E-state index contributed by atoms with van der Waals surface area (Å²) in [7, 11) is 1.49. The van der Waals surface area contributed by atoms with E-state index in [2.05, 4.69) is 21.2 Å². The van der Waals surface area contributed by atoms with E-state index < -0.39 is 11.8 Å². The minimum atomic E-state index is -0.577. The number of nitrogens with zero attached hydrogens (tertiary/aromatic N) is 1. The number of amides is 2. The number of benzene rings is 2. The van der Waals surface area contributed by atoms with E-state index in [9.17, 15) is 9.59 Å². The summed E-state index contributed by atoms with van der Waals surface area (Å²) in [5.74, 6) is -0.639. The van der Waals surface area contributed by atoms with E-state index in [1.165, 1.54) is 18.1 Å². The lowest BCUT2D eigenvalue weighted by atomic mass is 10.1. The molecule has 0 aliphatic carbocycles. The Hall–Kier alpha value is -2.22. The molecule has 0 radical (unpaired) electrons. The molecule has 1 saturated heterocycles. The summed E-state index contributed by atoms with van der Waals surface area (Å²) in [6.07, 6.45) is 1.44. The smallest absolute Gasteiger partial charge is 0.270 e. The molecule has 1 fully saturated rings. The third-order valence-corrected chi connectivity index (χ3v) is 5.03. The summed E-state index contributed by atoms with van der Waals surface area (Å²) in [5, 5.41) is 3.02. The van der Waals surface area contributed by atoms with E-state index in [0.717, 1.165) is 5.56 Å². The molecule has 5 nitrogen and oxygen atoms in total.